The lowest BCUT2D eigenvalue weighted by Crippen LogP contribution is -2.10. The van der Waals surface area contributed by atoms with Crippen LogP contribution in [0.5, 0.6) is 0 Å². The summed E-state index contributed by atoms with van der Waals surface area (Å²) in [6.45, 7) is 3.13. The Balaban J connectivity index is 1.74. The summed E-state index contributed by atoms with van der Waals surface area (Å²) in [6, 6.07) is 1.77. The quantitative estimate of drug-likeness (QED) is 0.716. The van der Waals surface area contributed by atoms with Gasteiger partial charge in [0.2, 0.25) is 0 Å². The molecule has 0 amide bonds. The zero-order chi connectivity index (χ0) is 13.5. The predicted molar refractivity (Wildman–Crippen MR) is 75.5 cm³/mol. The van der Waals surface area contributed by atoms with Crippen molar-refractivity contribution in [3.63, 3.8) is 0 Å². The number of fused-ring (bicyclic) bond motifs is 1. The molecule has 0 spiro atoms. The summed E-state index contributed by atoms with van der Waals surface area (Å²) in [4.78, 5) is 15.4. The Morgan fingerprint density at radius 1 is 1.26 bits per heavy atom. The molecule has 6 heteroatoms. The summed E-state index contributed by atoms with van der Waals surface area (Å²) in [5.74, 6) is 0.764. The Labute approximate surface area is 112 Å². The molecule has 0 aliphatic rings. The van der Waals surface area contributed by atoms with E-state index in [0.29, 0.717) is 5.65 Å². The van der Waals surface area contributed by atoms with E-state index in [1.165, 1.54) is 42.8 Å². The Morgan fingerprint density at radius 2 is 2.05 bits per heavy atom. The molecule has 0 atom stereocenters. The molecule has 0 aromatic carbocycles. The monoisotopic (exact) mass is 263 g/mol. The zero-order valence-electron chi connectivity index (χ0n) is 11.4. The summed E-state index contributed by atoms with van der Waals surface area (Å²) in [5, 5.41) is 9.55. The van der Waals surface area contributed by atoms with Crippen LogP contribution in [0.3, 0.4) is 0 Å². The molecule has 0 radical (unpaired) electrons. The van der Waals surface area contributed by atoms with Gasteiger partial charge in [0.15, 0.2) is 5.65 Å². The van der Waals surface area contributed by atoms with Crippen LogP contribution in [-0.4, -0.2) is 26.1 Å². The first-order valence-electron chi connectivity index (χ1n) is 6.98. The van der Waals surface area contributed by atoms with Gasteiger partial charge in [0.05, 0.1) is 0 Å². The fourth-order valence-corrected chi connectivity index (χ4v) is 2.03. The first-order chi connectivity index (χ1) is 9.31. The number of hydrogen-bond donors (Lipinski definition) is 2. The molecule has 6 nitrogen and oxygen atoms in total. The minimum absolute atomic E-state index is 0.259. The Kier molecular flexibility index (Phi) is 4.94. The molecule has 0 saturated heterocycles. The first kappa shape index (κ1) is 13.6. The maximum absolute atomic E-state index is 11.3. The van der Waals surface area contributed by atoms with Crippen LogP contribution >= 0.6 is 0 Å². The molecule has 2 rings (SSSR count). The Bertz CT molecular complexity index is 559. The van der Waals surface area contributed by atoms with Gasteiger partial charge >= 0.3 is 5.69 Å². The fourth-order valence-electron chi connectivity index (χ4n) is 2.03. The van der Waals surface area contributed by atoms with Gasteiger partial charge in [-0.15, -0.1) is 0 Å². The number of aromatic amines is 1. The molecule has 0 bridgehead atoms. The Hall–Kier alpha value is -1.85. The molecule has 0 aliphatic carbocycles. The number of unbranched alkanes of at least 4 members (excludes halogenated alkanes) is 5. The molecule has 0 saturated carbocycles. The molecule has 104 valence electrons. The molecule has 19 heavy (non-hydrogen) atoms. The topological polar surface area (TPSA) is 75.1 Å². The summed E-state index contributed by atoms with van der Waals surface area (Å²) < 4.78 is 1.38. The van der Waals surface area contributed by atoms with Crippen molar-refractivity contribution in [2.24, 2.45) is 0 Å². The van der Waals surface area contributed by atoms with Crippen molar-refractivity contribution in [2.45, 2.75) is 45.4 Å². The van der Waals surface area contributed by atoms with Crippen LogP contribution in [0.15, 0.2) is 17.2 Å². The lowest BCUT2D eigenvalue weighted by atomic mass is 10.1. The summed E-state index contributed by atoms with van der Waals surface area (Å²) in [7, 11) is 0. The minimum atomic E-state index is -0.259. The highest BCUT2D eigenvalue weighted by Gasteiger charge is 2.01. The van der Waals surface area contributed by atoms with Crippen LogP contribution in [0.25, 0.3) is 5.65 Å². The molecular formula is C13H21N5O. The van der Waals surface area contributed by atoms with Gasteiger partial charge in [-0.1, -0.05) is 39.0 Å². The molecule has 0 fully saturated rings. The van der Waals surface area contributed by atoms with Crippen LogP contribution in [0.2, 0.25) is 0 Å². The van der Waals surface area contributed by atoms with Crippen molar-refractivity contribution in [1.82, 2.24) is 19.6 Å². The maximum Gasteiger partial charge on any atom is 0.348 e. The summed E-state index contributed by atoms with van der Waals surface area (Å²) >= 11 is 0. The second-order valence-electron chi connectivity index (χ2n) is 4.73. The average Bonchev–Trinajstić information content (AvgIpc) is 2.79. The highest BCUT2D eigenvalue weighted by Crippen LogP contribution is 2.07. The largest absolute Gasteiger partial charge is 0.370 e. The number of nitrogens with zero attached hydrogens (tertiary/aromatic N) is 3. The van der Waals surface area contributed by atoms with Gasteiger partial charge < -0.3 is 5.32 Å². The van der Waals surface area contributed by atoms with Gasteiger partial charge in [0.1, 0.15) is 12.1 Å². The SMILES string of the molecule is CCCCCCCCNc1cc2n[nH]c(=O)n2cn1. The van der Waals surface area contributed by atoms with Gasteiger partial charge in [-0.25, -0.2) is 19.3 Å². The molecule has 2 aromatic heterocycles. The van der Waals surface area contributed by atoms with Gasteiger partial charge in [-0.05, 0) is 6.42 Å². The van der Waals surface area contributed by atoms with E-state index < -0.39 is 0 Å². The predicted octanol–water partition coefficient (Wildman–Crippen LogP) is 2.19. The van der Waals surface area contributed by atoms with Crippen molar-refractivity contribution in [3.8, 4) is 0 Å². The van der Waals surface area contributed by atoms with E-state index in [-0.39, 0.29) is 5.69 Å². The number of nitrogens with one attached hydrogen (secondary N) is 2. The van der Waals surface area contributed by atoms with Crippen molar-refractivity contribution < 1.29 is 0 Å². The lowest BCUT2D eigenvalue weighted by molar-refractivity contribution is 0.617. The van der Waals surface area contributed by atoms with Crippen molar-refractivity contribution >= 4 is 11.5 Å². The highest BCUT2D eigenvalue weighted by molar-refractivity contribution is 5.48. The van der Waals surface area contributed by atoms with Crippen LogP contribution in [0.1, 0.15) is 45.4 Å². The standard InChI is InChI=1S/C13H21N5O/c1-2-3-4-5-6-7-8-14-11-9-12-16-17-13(19)18(12)10-15-11/h9-10,14H,2-8H2,1H3,(H,17,19). The van der Waals surface area contributed by atoms with Crippen molar-refractivity contribution in [2.75, 3.05) is 11.9 Å². The molecule has 0 aliphatic heterocycles. The van der Waals surface area contributed by atoms with Gasteiger partial charge in [0, 0.05) is 12.6 Å². The number of hydrogen-bond acceptors (Lipinski definition) is 4. The van der Waals surface area contributed by atoms with E-state index in [1.54, 1.807) is 6.07 Å². The third-order valence-electron chi connectivity index (χ3n) is 3.15. The number of rotatable bonds is 8. The van der Waals surface area contributed by atoms with E-state index in [2.05, 4.69) is 27.4 Å². The first-order valence-corrected chi connectivity index (χ1v) is 6.98. The average molecular weight is 263 g/mol. The molecule has 0 unspecified atom stereocenters. The Morgan fingerprint density at radius 3 is 2.89 bits per heavy atom. The van der Waals surface area contributed by atoms with Crippen LogP contribution in [0.4, 0.5) is 5.82 Å². The molecule has 2 heterocycles. The van der Waals surface area contributed by atoms with Crippen molar-refractivity contribution in [1.29, 1.82) is 0 Å². The third kappa shape index (κ3) is 3.81. The zero-order valence-corrected chi connectivity index (χ0v) is 11.4. The molecular weight excluding hydrogens is 242 g/mol. The van der Waals surface area contributed by atoms with Crippen LogP contribution in [0, 0.1) is 0 Å². The highest BCUT2D eigenvalue weighted by atomic mass is 16.1. The van der Waals surface area contributed by atoms with E-state index in [1.807, 2.05) is 0 Å². The van der Waals surface area contributed by atoms with Gasteiger partial charge in [0.25, 0.3) is 0 Å². The van der Waals surface area contributed by atoms with E-state index in [4.69, 9.17) is 0 Å². The minimum Gasteiger partial charge on any atom is -0.370 e. The summed E-state index contributed by atoms with van der Waals surface area (Å²) in [5.41, 5.74) is 0.329. The smallest absolute Gasteiger partial charge is 0.348 e. The van der Waals surface area contributed by atoms with Gasteiger partial charge in [-0.3, -0.25) is 0 Å². The van der Waals surface area contributed by atoms with Gasteiger partial charge in [-0.2, -0.15) is 5.10 Å². The normalized spacial score (nSPS) is 11.0. The molecule has 2 N–H and O–H groups in total. The van der Waals surface area contributed by atoms with E-state index in [9.17, 15) is 4.79 Å². The fraction of sp³-hybridized carbons (Fsp3) is 0.615. The number of H-pyrrole nitrogens is 1. The number of anilines is 1. The van der Waals surface area contributed by atoms with Crippen LogP contribution < -0.4 is 11.0 Å². The molecule has 2 aromatic rings. The van der Waals surface area contributed by atoms with Crippen molar-refractivity contribution in [3.05, 3.63) is 22.9 Å². The maximum atomic E-state index is 11.3. The second-order valence-corrected chi connectivity index (χ2v) is 4.73. The van der Waals surface area contributed by atoms with E-state index >= 15 is 0 Å². The summed E-state index contributed by atoms with van der Waals surface area (Å²) in [6.07, 6.45) is 9.13. The third-order valence-corrected chi connectivity index (χ3v) is 3.15. The lowest BCUT2D eigenvalue weighted by Gasteiger charge is -2.05. The number of aromatic nitrogens is 4. The van der Waals surface area contributed by atoms with E-state index in [0.717, 1.165) is 18.8 Å². The second kappa shape index (κ2) is 6.92. The van der Waals surface area contributed by atoms with Crippen LogP contribution in [-0.2, 0) is 0 Å².